The highest BCUT2D eigenvalue weighted by molar-refractivity contribution is 7.91. The van der Waals surface area contributed by atoms with Crippen molar-refractivity contribution in [3.8, 4) is 0 Å². The predicted octanol–water partition coefficient (Wildman–Crippen LogP) is 3.40. The average molecular weight is 251 g/mol. The highest BCUT2D eigenvalue weighted by atomic mass is 32.2. The van der Waals surface area contributed by atoms with E-state index < -0.39 is 9.84 Å². The van der Waals surface area contributed by atoms with Gasteiger partial charge in [-0.2, -0.15) is 0 Å². The number of rotatable bonds is 7. The SMILES string of the molecule is C=C(CCCCC)CS(=O)(=O)c1cc[c]cc1. The maximum Gasteiger partial charge on any atom is 0.182 e. The second kappa shape index (κ2) is 6.60. The molecule has 0 amide bonds. The van der Waals surface area contributed by atoms with Crippen molar-refractivity contribution in [2.24, 2.45) is 0 Å². The van der Waals surface area contributed by atoms with Gasteiger partial charge >= 0.3 is 0 Å². The van der Waals surface area contributed by atoms with Gasteiger partial charge < -0.3 is 0 Å². The minimum Gasteiger partial charge on any atom is -0.223 e. The van der Waals surface area contributed by atoms with Crippen LogP contribution in [0.2, 0.25) is 0 Å². The van der Waals surface area contributed by atoms with Crippen LogP contribution in [-0.2, 0) is 9.84 Å². The number of benzene rings is 1. The summed E-state index contributed by atoms with van der Waals surface area (Å²) >= 11 is 0. The van der Waals surface area contributed by atoms with Crippen LogP contribution in [0.5, 0.6) is 0 Å². The van der Waals surface area contributed by atoms with Crippen LogP contribution in [0.25, 0.3) is 0 Å². The molecule has 0 unspecified atom stereocenters. The van der Waals surface area contributed by atoms with Gasteiger partial charge in [-0.3, -0.25) is 0 Å². The topological polar surface area (TPSA) is 34.1 Å². The lowest BCUT2D eigenvalue weighted by molar-refractivity contribution is 0.596. The van der Waals surface area contributed by atoms with Crippen molar-refractivity contribution >= 4 is 9.84 Å². The molecule has 0 aromatic heterocycles. The maximum atomic E-state index is 12.0. The lowest BCUT2D eigenvalue weighted by Crippen LogP contribution is -2.08. The molecule has 93 valence electrons. The molecule has 0 saturated heterocycles. The summed E-state index contributed by atoms with van der Waals surface area (Å²) in [5, 5.41) is 0. The Labute approximate surface area is 104 Å². The van der Waals surface area contributed by atoms with E-state index in [0.29, 0.717) is 4.90 Å². The second-order valence-corrected chi connectivity index (χ2v) is 6.19. The first-order valence-electron chi connectivity index (χ1n) is 5.92. The van der Waals surface area contributed by atoms with Crippen molar-refractivity contribution in [3.63, 3.8) is 0 Å². The molecule has 0 aliphatic carbocycles. The Kier molecular flexibility index (Phi) is 5.42. The Morgan fingerprint density at radius 1 is 1.29 bits per heavy atom. The predicted molar refractivity (Wildman–Crippen MR) is 70.6 cm³/mol. The van der Waals surface area contributed by atoms with E-state index in [1.54, 1.807) is 24.3 Å². The molecule has 17 heavy (non-hydrogen) atoms. The van der Waals surface area contributed by atoms with Crippen LogP contribution in [0.3, 0.4) is 0 Å². The molecule has 1 aromatic carbocycles. The van der Waals surface area contributed by atoms with Gasteiger partial charge in [-0.25, -0.2) is 8.42 Å². The molecule has 2 nitrogen and oxygen atoms in total. The van der Waals surface area contributed by atoms with Gasteiger partial charge in [-0.15, -0.1) is 0 Å². The van der Waals surface area contributed by atoms with Crippen molar-refractivity contribution in [3.05, 3.63) is 42.5 Å². The Morgan fingerprint density at radius 3 is 2.53 bits per heavy atom. The second-order valence-electron chi connectivity index (χ2n) is 4.20. The summed E-state index contributed by atoms with van der Waals surface area (Å²) in [5.41, 5.74) is 0.797. The molecule has 0 spiro atoms. The third-order valence-electron chi connectivity index (χ3n) is 2.57. The first kappa shape index (κ1) is 14.0. The van der Waals surface area contributed by atoms with Crippen molar-refractivity contribution in [2.45, 2.75) is 37.5 Å². The van der Waals surface area contributed by atoms with Crippen LogP contribution < -0.4 is 0 Å². The molecule has 3 heteroatoms. The Morgan fingerprint density at radius 2 is 1.94 bits per heavy atom. The molecule has 1 rings (SSSR count). The molecule has 0 heterocycles. The molecule has 0 N–H and O–H groups in total. The first-order valence-corrected chi connectivity index (χ1v) is 7.57. The van der Waals surface area contributed by atoms with Gasteiger partial charge in [0.05, 0.1) is 10.6 Å². The van der Waals surface area contributed by atoms with Gasteiger partial charge in [0.15, 0.2) is 9.84 Å². The fourth-order valence-corrected chi connectivity index (χ4v) is 3.03. The first-order chi connectivity index (χ1) is 8.06. The molecule has 0 bridgehead atoms. The van der Waals surface area contributed by atoms with Gasteiger partial charge in [0.1, 0.15) is 0 Å². The summed E-state index contributed by atoms with van der Waals surface area (Å²) < 4.78 is 24.0. The van der Waals surface area contributed by atoms with Crippen LogP contribution in [0.4, 0.5) is 0 Å². The fourth-order valence-electron chi connectivity index (χ4n) is 1.63. The van der Waals surface area contributed by atoms with Crippen LogP contribution in [0.15, 0.2) is 41.3 Å². The van der Waals surface area contributed by atoms with Gasteiger partial charge in [0, 0.05) is 0 Å². The molecule has 1 aromatic rings. The van der Waals surface area contributed by atoms with Crippen molar-refractivity contribution in [1.82, 2.24) is 0 Å². The van der Waals surface area contributed by atoms with Crippen LogP contribution in [0, 0.1) is 6.07 Å². The van der Waals surface area contributed by atoms with Gasteiger partial charge in [-0.1, -0.05) is 44.1 Å². The van der Waals surface area contributed by atoms with Crippen molar-refractivity contribution < 1.29 is 8.42 Å². The number of hydrogen-bond acceptors (Lipinski definition) is 2. The Balaban J connectivity index is 2.59. The van der Waals surface area contributed by atoms with Gasteiger partial charge in [-0.05, 0) is 31.0 Å². The molecular weight excluding hydrogens is 232 g/mol. The largest absolute Gasteiger partial charge is 0.223 e. The van der Waals surface area contributed by atoms with Crippen LogP contribution in [0.1, 0.15) is 32.6 Å². The fraction of sp³-hybridized carbons (Fsp3) is 0.429. The van der Waals surface area contributed by atoms with E-state index in [1.165, 1.54) is 0 Å². The third-order valence-corrected chi connectivity index (χ3v) is 4.35. The molecule has 0 atom stereocenters. The molecule has 0 aliphatic rings. The monoisotopic (exact) mass is 251 g/mol. The molecule has 0 fully saturated rings. The number of hydrogen-bond donors (Lipinski definition) is 0. The molecule has 0 saturated carbocycles. The van der Waals surface area contributed by atoms with Crippen molar-refractivity contribution in [2.75, 3.05) is 5.75 Å². The van der Waals surface area contributed by atoms with E-state index in [-0.39, 0.29) is 5.75 Å². The summed E-state index contributed by atoms with van der Waals surface area (Å²) in [4.78, 5) is 0.355. The van der Waals surface area contributed by atoms with Crippen LogP contribution in [-0.4, -0.2) is 14.2 Å². The van der Waals surface area contributed by atoms with Gasteiger partial charge in [0.25, 0.3) is 0 Å². The van der Waals surface area contributed by atoms with E-state index in [9.17, 15) is 8.42 Å². The Bertz CT molecular complexity index is 446. The van der Waals surface area contributed by atoms with E-state index in [0.717, 1.165) is 31.3 Å². The summed E-state index contributed by atoms with van der Waals surface area (Å²) in [7, 11) is -3.22. The molecule has 0 aliphatic heterocycles. The maximum absolute atomic E-state index is 12.0. The smallest absolute Gasteiger partial charge is 0.182 e. The average Bonchev–Trinajstić information content (AvgIpc) is 2.30. The third kappa shape index (κ3) is 4.73. The lowest BCUT2D eigenvalue weighted by Gasteiger charge is -2.07. The zero-order valence-corrected chi connectivity index (χ0v) is 11.1. The summed E-state index contributed by atoms with van der Waals surface area (Å²) in [6.07, 6.45) is 4.08. The molecule has 1 radical (unpaired) electrons. The van der Waals surface area contributed by atoms with E-state index >= 15 is 0 Å². The molecular formula is C14H19O2S. The minimum atomic E-state index is -3.22. The summed E-state index contributed by atoms with van der Waals surface area (Å²) in [6.45, 7) is 5.98. The standard InChI is InChI=1S/C14H19O2S/c1-3-4-6-9-13(2)12-17(15,16)14-10-7-5-8-11-14/h7-8,10-11H,2-4,6,9,12H2,1H3. The quantitative estimate of drug-likeness (QED) is 0.550. The van der Waals surface area contributed by atoms with E-state index in [1.807, 2.05) is 0 Å². The normalized spacial score (nSPS) is 11.4. The van der Waals surface area contributed by atoms with Crippen LogP contribution >= 0.6 is 0 Å². The van der Waals surface area contributed by atoms with Gasteiger partial charge in [0.2, 0.25) is 0 Å². The van der Waals surface area contributed by atoms with Crippen molar-refractivity contribution in [1.29, 1.82) is 0 Å². The van der Waals surface area contributed by atoms with E-state index in [2.05, 4.69) is 19.6 Å². The highest BCUT2D eigenvalue weighted by Gasteiger charge is 2.14. The zero-order chi connectivity index (χ0) is 12.7. The zero-order valence-electron chi connectivity index (χ0n) is 10.3. The summed E-state index contributed by atoms with van der Waals surface area (Å²) in [6, 6.07) is 9.20. The summed E-state index contributed by atoms with van der Waals surface area (Å²) in [5.74, 6) is 0.0563. The number of unbranched alkanes of at least 4 members (excludes halogenated alkanes) is 2. The number of sulfone groups is 1. The van der Waals surface area contributed by atoms with E-state index in [4.69, 9.17) is 0 Å². The lowest BCUT2D eigenvalue weighted by atomic mass is 10.1. The minimum absolute atomic E-state index is 0.0563. The highest BCUT2D eigenvalue weighted by Crippen LogP contribution is 2.16. The Hall–Kier alpha value is -1.09.